The number of carbonyl (C=O) groups excluding carboxylic acids is 1. The van der Waals surface area contributed by atoms with E-state index in [-0.39, 0.29) is 17.5 Å². The first-order chi connectivity index (χ1) is 19.1. The van der Waals surface area contributed by atoms with Gasteiger partial charge in [0.1, 0.15) is 24.0 Å². The van der Waals surface area contributed by atoms with Crippen molar-refractivity contribution < 1.29 is 9.53 Å². The molecule has 1 aromatic heterocycles. The molecule has 1 heterocycles. The number of rotatable bonds is 8. The average Bonchev–Trinajstić information content (AvgIpc) is 3.40. The van der Waals surface area contributed by atoms with Crippen LogP contribution in [0.25, 0.3) is 23.0 Å². The van der Waals surface area contributed by atoms with Crippen molar-refractivity contribution in [3.05, 3.63) is 107 Å². The van der Waals surface area contributed by atoms with Gasteiger partial charge in [0.15, 0.2) is 0 Å². The molecule has 1 N–H and O–H groups in total. The quantitative estimate of drug-likeness (QED) is 0.192. The van der Waals surface area contributed by atoms with Gasteiger partial charge in [-0.2, -0.15) is 10.4 Å². The monoisotopic (exact) mass is 536 g/mol. The molecule has 0 bridgehead atoms. The number of nitrogens with zero attached hydrogens (tertiary/aromatic N) is 3. The van der Waals surface area contributed by atoms with E-state index in [9.17, 15) is 10.1 Å². The maximum atomic E-state index is 13.0. The van der Waals surface area contributed by atoms with Gasteiger partial charge in [-0.25, -0.2) is 4.68 Å². The smallest absolute Gasteiger partial charge is 0.262 e. The average molecular weight is 537 g/mol. The van der Waals surface area contributed by atoms with Gasteiger partial charge in [-0.3, -0.25) is 4.79 Å². The third-order valence-corrected chi connectivity index (χ3v) is 7.07. The SMILES string of the molecule is N#C/C(=C\c1cn(-c2ccccc2)nc1-c1ccc(OCc2ccc(Cl)cc2)cc1)C(=O)NC1CCCCC1. The fraction of sp³-hybridized carbons (Fsp3) is 0.219. The topological polar surface area (TPSA) is 79.9 Å². The van der Waals surface area contributed by atoms with Crippen LogP contribution in [0.4, 0.5) is 0 Å². The Balaban J connectivity index is 1.41. The molecule has 0 unspecified atom stereocenters. The summed E-state index contributed by atoms with van der Waals surface area (Å²) >= 11 is 5.97. The van der Waals surface area contributed by atoms with E-state index < -0.39 is 0 Å². The van der Waals surface area contributed by atoms with Gasteiger partial charge in [0.25, 0.3) is 5.91 Å². The zero-order chi connectivity index (χ0) is 27.0. The molecule has 0 spiro atoms. The molecule has 0 atom stereocenters. The van der Waals surface area contributed by atoms with Gasteiger partial charge < -0.3 is 10.1 Å². The van der Waals surface area contributed by atoms with Crippen LogP contribution < -0.4 is 10.1 Å². The van der Waals surface area contributed by atoms with Gasteiger partial charge in [0.05, 0.1) is 11.4 Å². The van der Waals surface area contributed by atoms with Crippen molar-refractivity contribution in [2.24, 2.45) is 0 Å². The van der Waals surface area contributed by atoms with E-state index in [0.717, 1.165) is 48.2 Å². The Kier molecular flexibility index (Phi) is 8.40. The first-order valence-corrected chi connectivity index (χ1v) is 13.5. The van der Waals surface area contributed by atoms with Gasteiger partial charge in [-0.1, -0.05) is 61.2 Å². The molecule has 196 valence electrons. The summed E-state index contributed by atoms with van der Waals surface area (Å²) in [6, 6.07) is 27.1. The van der Waals surface area contributed by atoms with Crippen LogP contribution in [0.15, 0.2) is 90.6 Å². The van der Waals surface area contributed by atoms with Crippen LogP contribution in [0, 0.1) is 11.3 Å². The van der Waals surface area contributed by atoms with E-state index in [0.29, 0.717) is 22.9 Å². The summed E-state index contributed by atoms with van der Waals surface area (Å²) in [5.74, 6) is 0.381. The Morgan fingerprint density at radius 3 is 2.44 bits per heavy atom. The Bertz CT molecular complexity index is 1480. The zero-order valence-corrected chi connectivity index (χ0v) is 22.3. The van der Waals surface area contributed by atoms with Gasteiger partial charge in [-0.15, -0.1) is 0 Å². The minimum atomic E-state index is -0.339. The first kappa shape index (κ1) is 26.3. The fourth-order valence-electron chi connectivity index (χ4n) is 4.70. The highest BCUT2D eigenvalue weighted by atomic mass is 35.5. The van der Waals surface area contributed by atoms with E-state index >= 15 is 0 Å². The standard InChI is InChI=1S/C32H29ClN4O2/c33-27-15-11-23(12-16-27)22-39-30-17-13-24(14-18-30)31-26(21-37(36-31)29-9-5-2-6-10-29)19-25(20-34)32(38)35-28-7-3-1-4-8-28/h2,5-6,9-19,21,28H,1,3-4,7-8,22H2,(H,35,38)/b25-19+. The molecule has 0 aliphatic heterocycles. The third kappa shape index (κ3) is 6.76. The van der Waals surface area contributed by atoms with E-state index in [1.807, 2.05) is 85.1 Å². The number of amides is 1. The first-order valence-electron chi connectivity index (χ1n) is 13.1. The minimum Gasteiger partial charge on any atom is -0.489 e. The second-order valence-corrected chi connectivity index (χ2v) is 10.1. The molecule has 5 rings (SSSR count). The highest BCUT2D eigenvalue weighted by molar-refractivity contribution is 6.30. The molecule has 1 aliphatic carbocycles. The molecule has 0 radical (unpaired) electrons. The van der Waals surface area contributed by atoms with Crippen molar-refractivity contribution in [2.45, 2.75) is 44.8 Å². The van der Waals surface area contributed by atoms with Crippen molar-refractivity contribution in [2.75, 3.05) is 0 Å². The maximum absolute atomic E-state index is 13.0. The van der Waals surface area contributed by atoms with Gasteiger partial charge in [0, 0.05) is 28.4 Å². The molecule has 4 aromatic rings. The summed E-state index contributed by atoms with van der Waals surface area (Å²) in [6.07, 6.45) is 8.78. The molecule has 6 nitrogen and oxygen atoms in total. The number of halogens is 1. The number of carbonyl (C=O) groups is 1. The predicted molar refractivity (Wildman–Crippen MR) is 153 cm³/mol. The third-order valence-electron chi connectivity index (χ3n) is 6.82. The number of nitrogens with one attached hydrogen (secondary N) is 1. The molecule has 3 aromatic carbocycles. The second-order valence-electron chi connectivity index (χ2n) is 9.63. The molecule has 0 saturated heterocycles. The van der Waals surface area contributed by atoms with Crippen LogP contribution in [0.1, 0.15) is 43.2 Å². The number of aromatic nitrogens is 2. The molecule has 7 heteroatoms. The van der Waals surface area contributed by atoms with Crippen LogP contribution in [-0.2, 0) is 11.4 Å². The van der Waals surface area contributed by atoms with E-state index in [1.165, 1.54) is 6.42 Å². The molecule has 1 amide bonds. The second kappa shape index (κ2) is 12.5. The van der Waals surface area contributed by atoms with Crippen LogP contribution in [0.3, 0.4) is 0 Å². The lowest BCUT2D eigenvalue weighted by atomic mass is 9.95. The molecule has 39 heavy (non-hydrogen) atoms. The largest absolute Gasteiger partial charge is 0.489 e. The van der Waals surface area contributed by atoms with Crippen molar-refractivity contribution in [3.63, 3.8) is 0 Å². The molecule has 1 fully saturated rings. The van der Waals surface area contributed by atoms with Gasteiger partial charge in [0.2, 0.25) is 0 Å². The van der Waals surface area contributed by atoms with Gasteiger partial charge >= 0.3 is 0 Å². The predicted octanol–water partition coefficient (Wildman–Crippen LogP) is 7.13. The molecular weight excluding hydrogens is 508 g/mol. The lowest BCUT2D eigenvalue weighted by molar-refractivity contribution is -0.117. The van der Waals surface area contributed by atoms with Crippen LogP contribution in [-0.4, -0.2) is 21.7 Å². The highest BCUT2D eigenvalue weighted by Gasteiger charge is 2.20. The van der Waals surface area contributed by atoms with Crippen molar-refractivity contribution in [1.29, 1.82) is 5.26 Å². The van der Waals surface area contributed by atoms with Gasteiger partial charge in [-0.05, 0) is 73.0 Å². The van der Waals surface area contributed by atoms with E-state index in [1.54, 1.807) is 10.8 Å². The lowest BCUT2D eigenvalue weighted by Gasteiger charge is -2.22. The lowest BCUT2D eigenvalue weighted by Crippen LogP contribution is -2.36. The van der Waals surface area contributed by atoms with Crippen molar-refractivity contribution in [3.8, 4) is 28.8 Å². The summed E-state index contributed by atoms with van der Waals surface area (Å²) in [5.41, 5.74) is 4.17. The Morgan fingerprint density at radius 1 is 1.03 bits per heavy atom. The maximum Gasteiger partial charge on any atom is 0.262 e. The van der Waals surface area contributed by atoms with Crippen molar-refractivity contribution >= 4 is 23.6 Å². The van der Waals surface area contributed by atoms with E-state index in [4.69, 9.17) is 21.4 Å². The number of para-hydroxylation sites is 1. The summed E-state index contributed by atoms with van der Waals surface area (Å²) in [4.78, 5) is 13.0. The van der Waals surface area contributed by atoms with Crippen LogP contribution >= 0.6 is 11.6 Å². The number of hydrogen-bond donors (Lipinski definition) is 1. The number of nitriles is 1. The Hall–Kier alpha value is -4.34. The van der Waals surface area contributed by atoms with Crippen LogP contribution in [0.2, 0.25) is 5.02 Å². The molecule has 1 aliphatic rings. The number of benzene rings is 3. The summed E-state index contributed by atoms with van der Waals surface area (Å²) in [5, 5.41) is 18.4. The minimum absolute atomic E-state index is 0.0670. The zero-order valence-electron chi connectivity index (χ0n) is 21.5. The number of hydrogen-bond acceptors (Lipinski definition) is 4. The molecular formula is C32H29ClN4O2. The highest BCUT2D eigenvalue weighted by Crippen LogP contribution is 2.28. The number of ether oxygens (including phenoxy) is 1. The normalized spacial score (nSPS) is 14.0. The summed E-state index contributed by atoms with van der Waals surface area (Å²) in [6.45, 7) is 0.425. The summed E-state index contributed by atoms with van der Waals surface area (Å²) < 4.78 is 7.70. The van der Waals surface area contributed by atoms with E-state index in [2.05, 4.69) is 11.4 Å². The Morgan fingerprint density at radius 2 is 1.74 bits per heavy atom. The molecule has 1 saturated carbocycles. The summed E-state index contributed by atoms with van der Waals surface area (Å²) in [7, 11) is 0. The van der Waals surface area contributed by atoms with Crippen molar-refractivity contribution in [1.82, 2.24) is 15.1 Å². The fourth-order valence-corrected chi connectivity index (χ4v) is 4.83. The van der Waals surface area contributed by atoms with Crippen LogP contribution in [0.5, 0.6) is 5.75 Å². The Labute approximate surface area is 233 Å².